The van der Waals surface area contributed by atoms with Crippen LogP contribution in [0, 0.1) is 0 Å². The van der Waals surface area contributed by atoms with E-state index in [-0.39, 0.29) is 0 Å². The smallest absolute Gasteiger partial charge is 0.324 e. The molecular formula is C7H14O4S. The van der Waals surface area contributed by atoms with E-state index in [1.54, 1.807) is 0 Å². The summed E-state index contributed by atoms with van der Waals surface area (Å²) in [4.78, 5) is 10.6. The number of carboxylic acid groups (broad SMARTS) is 1. The molecule has 12 heavy (non-hydrogen) atoms. The van der Waals surface area contributed by atoms with Crippen molar-refractivity contribution >= 4 is 15.8 Å². The highest BCUT2D eigenvalue weighted by Crippen LogP contribution is 2.21. The third-order valence-electron chi connectivity index (χ3n) is 1.85. The molecule has 0 aliphatic rings. The van der Waals surface area contributed by atoms with Crippen LogP contribution in [0.15, 0.2) is 0 Å². The number of carboxylic acids is 1. The summed E-state index contributed by atoms with van der Waals surface area (Å²) < 4.78 is 21.1. The highest BCUT2D eigenvalue weighted by atomic mass is 32.2. The zero-order chi connectivity index (χ0) is 10.2. The molecule has 0 aromatic heterocycles. The van der Waals surface area contributed by atoms with Gasteiger partial charge in [-0.25, -0.2) is 8.42 Å². The van der Waals surface area contributed by atoms with Crippen LogP contribution in [0.25, 0.3) is 0 Å². The molecule has 0 saturated heterocycles. The van der Waals surface area contributed by atoms with Crippen LogP contribution in [0.5, 0.6) is 0 Å². The van der Waals surface area contributed by atoms with Crippen LogP contribution in [-0.4, -0.2) is 29.5 Å². The number of hydrogen-bond donors (Lipinski definition) is 1. The molecule has 0 fully saturated rings. The Hall–Kier alpha value is -0.580. The minimum absolute atomic E-state index is 0.663. The molecule has 0 saturated carbocycles. The lowest BCUT2D eigenvalue weighted by Gasteiger charge is -2.21. The van der Waals surface area contributed by atoms with Crippen molar-refractivity contribution < 1.29 is 18.3 Å². The average Bonchev–Trinajstić information content (AvgIpc) is 1.86. The monoisotopic (exact) mass is 194 g/mol. The van der Waals surface area contributed by atoms with E-state index in [0.717, 1.165) is 0 Å². The van der Waals surface area contributed by atoms with Crippen molar-refractivity contribution in [1.82, 2.24) is 0 Å². The number of carbonyl (C=O) groups is 1. The number of sulfone groups is 1. The van der Waals surface area contributed by atoms with Gasteiger partial charge in [-0.1, -0.05) is 0 Å². The van der Waals surface area contributed by atoms with Crippen molar-refractivity contribution in [2.24, 2.45) is 0 Å². The zero-order valence-electron chi connectivity index (χ0n) is 7.66. The lowest BCUT2D eigenvalue weighted by molar-refractivity contribution is -0.139. The third-order valence-corrected chi connectivity index (χ3v) is 4.69. The number of aliphatic carboxylic acids is 1. The predicted molar refractivity (Wildman–Crippen MR) is 45.8 cm³/mol. The quantitative estimate of drug-likeness (QED) is 0.716. The molecule has 0 unspecified atom stereocenters. The Labute approximate surface area is 72.5 Å². The van der Waals surface area contributed by atoms with Gasteiger partial charge in [0.1, 0.15) is 0 Å². The molecule has 0 aromatic carbocycles. The van der Waals surface area contributed by atoms with Gasteiger partial charge in [0.25, 0.3) is 0 Å². The Morgan fingerprint density at radius 2 is 1.67 bits per heavy atom. The first-order chi connectivity index (χ1) is 5.14. The molecular weight excluding hydrogens is 180 g/mol. The van der Waals surface area contributed by atoms with Crippen molar-refractivity contribution in [1.29, 1.82) is 0 Å². The highest BCUT2D eigenvalue weighted by Gasteiger charge is 2.43. The van der Waals surface area contributed by atoms with Gasteiger partial charge in [0.15, 0.2) is 14.6 Å². The van der Waals surface area contributed by atoms with E-state index in [9.17, 15) is 13.2 Å². The van der Waals surface area contributed by atoms with Crippen molar-refractivity contribution in [2.45, 2.75) is 37.7 Å². The second kappa shape index (κ2) is 3.05. The summed E-state index contributed by atoms with van der Waals surface area (Å²) in [6.45, 7) is 5.34. The van der Waals surface area contributed by atoms with Crippen LogP contribution >= 0.6 is 0 Å². The molecule has 0 aliphatic carbocycles. The molecule has 0 aliphatic heterocycles. The minimum atomic E-state index is -3.58. The summed E-state index contributed by atoms with van der Waals surface area (Å²) in [6.07, 6.45) is 0. The van der Waals surface area contributed by atoms with Crippen molar-refractivity contribution in [3.05, 3.63) is 0 Å². The van der Waals surface area contributed by atoms with Crippen molar-refractivity contribution in [3.63, 3.8) is 0 Å². The first-order valence-corrected chi connectivity index (χ1v) is 5.15. The molecule has 0 aromatic rings. The van der Waals surface area contributed by atoms with Crippen molar-refractivity contribution in [2.75, 3.05) is 0 Å². The standard InChI is InChI=1S/C7H14O4S/c1-5(2)12(10,11)7(3,4)6(8)9/h5H,1-4H3,(H,8,9). The summed E-state index contributed by atoms with van der Waals surface area (Å²) in [5.41, 5.74) is 0. The lowest BCUT2D eigenvalue weighted by atomic mass is 10.2. The van der Waals surface area contributed by atoms with Crippen molar-refractivity contribution in [3.8, 4) is 0 Å². The van der Waals surface area contributed by atoms with Crippen LogP contribution in [0.4, 0.5) is 0 Å². The molecule has 0 spiro atoms. The van der Waals surface area contributed by atoms with E-state index in [0.29, 0.717) is 0 Å². The predicted octanol–water partition coefficient (Wildman–Crippen LogP) is 0.673. The largest absolute Gasteiger partial charge is 0.480 e. The third kappa shape index (κ3) is 1.60. The highest BCUT2D eigenvalue weighted by molar-refractivity contribution is 7.94. The summed E-state index contributed by atoms with van der Waals surface area (Å²) in [7, 11) is -3.58. The minimum Gasteiger partial charge on any atom is -0.480 e. The molecule has 0 heterocycles. The Morgan fingerprint density at radius 1 is 1.33 bits per heavy atom. The molecule has 0 bridgehead atoms. The number of rotatable bonds is 3. The SMILES string of the molecule is CC(C)S(=O)(=O)C(C)(C)C(=O)O. The van der Waals surface area contributed by atoms with E-state index < -0.39 is 25.8 Å². The van der Waals surface area contributed by atoms with E-state index in [4.69, 9.17) is 5.11 Å². The van der Waals surface area contributed by atoms with E-state index in [2.05, 4.69) is 0 Å². The van der Waals surface area contributed by atoms with Gasteiger partial charge in [-0.05, 0) is 27.7 Å². The molecule has 72 valence electrons. The summed E-state index contributed by atoms with van der Waals surface area (Å²) in [5.74, 6) is -1.31. The Morgan fingerprint density at radius 3 is 1.75 bits per heavy atom. The van der Waals surface area contributed by atoms with Gasteiger partial charge < -0.3 is 5.11 Å². The van der Waals surface area contributed by atoms with Gasteiger partial charge in [-0.3, -0.25) is 4.79 Å². The van der Waals surface area contributed by atoms with E-state index >= 15 is 0 Å². The maximum atomic E-state index is 11.4. The van der Waals surface area contributed by atoms with Crippen LogP contribution < -0.4 is 0 Å². The normalized spacial score (nSPS) is 13.4. The van der Waals surface area contributed by atoms with Gasteiger partial charge in [0.05, 0.1) is 5.25 Å². The maximum absolute atomic E-state index is 11.4. The van der Waals surface area contributed by atoms with Crippen LogP contribution in [0.1, 0.15) is 27.7 Å². The maximum Gasteiger partial charge on any atom is 0.324 e. The second-order valence-corrected chi connectivity index (χ2v) is 6.46. The van der Waals surface area contributed by atoms with Crippen LogP contribution in [0.3, 0.4) is 0 Å². The Kier molecular flexibility index (Phi) is 2.90. The Balaban J connectivity index is 5.19. The van der Waals surface area contributed by atoms with Gasteiger partial charge >= 0.3 is 5.97 Å². The molecule has 0 atom stereocenters. The number of hydrogen-bond acceptors (Lipinski definition) is 3. The molecule has 5 heteroatoms. The molecule has 0 radical (unpaired) electrons. The molecule has 0 rings (SSSR count). The second-order valence-electron chi connectivity index (χ2n) is 3.41. The fraction of sp³-hybridized carbons (Fsp3) is 0.857. The summed E-state index contributed by atoms with van der Waals surface area (Å²) in [6, 6.07) is 0. The molecule has 0 amide bonds. The van der Waals surface area contributed by atoms with Gasteiger partial charge in [0, 0.05) is 0 Å². The van der Waals surface area contributed by atoms with E-state index in [1.165, 1.54) is 27.7 Å². The average molecular weight is 194 g/mol. The fourth-order valence-electron chi connectivity index (χ4n) is 0.711. The lowest BCUT2D eigenvalue weighted by Crippen LogP contribution is -2.44. The molecule has 1 N–H and O–H groups in total. The topological polar surface area (TPSA) is 71.4 Å². The fourth-order valence-corrected chi connectivity index (χ4v) is 2.13. The van der Waals surface area contributed by atoms with E-state index in [1.807, 2.05) is 0 Å². The van der Waals surface area contributed by atoms with Crippen LogP contribution in [-0.2, 0) is 14.6 Å². The first-order valence-electron chi connectivity index (χ1n) is 3.61. The zero-order valence-corrected chi connectivity index (χ0v) is 8.47. The summed E-state index contributed by atoms with van der Waals surface area (Å²) >= 11 is 0. The first kappa shape index (κ1) is 11.4. The van der Waals surface area contributed by atoms with Gasteiger partial charge in [-0.15, -0.1) is 0 Å². The van der Waals surface area contributed by atoms with Crippen LogP contribution in [0.2, 0.25) is 0 Å². The molecule has 4 nitrogen and oxygen atoms in total. The van der Waals surface area contributed by atoms with Gasteiger partial charge in [0.2, 0.25) is 0 Å². The Bertz CT molecular complexity index is 274. The summed E-state index contributed by atoms with van der Waals surface area (Å²) in [5, 5.41) is 7.98. The van der Waals surface area contributed by atoms with Gasteiger partial charge in [-0.2, -0.15) is 0 Å².